The molecular formula is C115H68N2O2S3. The van der Waals surface area contributed by atoms with Crippen molar-refractivity contribution in [3.8, 4) is 77.9 Å². The number of furan rings is 2. The third kappa shape index (κ3) is 9.72. The van der Waals surface area contributed by atoms with E-state index in [1.54, 1.807) is 0 Å². The van der Waals surface area contributed by atoms with Crippen molar-refractivity contribution in [3.05, 3.63) is 387 Å². The lowest BCUT2D eigenvalue weighted by Gasteiger charge is -2.26. The fourth-order valence-corrected chi connectivity index (χ4v) is 24.9. The topological polar surface area (TPSA) is 32.8 Å². The lowest BCUT2D eigenvalue weighted by molar-refractivity contribution is 0.661. The number of hydrogen-bond acceptors (Lipinski definition) is 7. The standard InChI is InChI=1S/C44H25NS2.C43H29NO.C28H14OS/c1-2-12-29(13-3-1)45(31-20-19-26-9-4-5-10-27(26)23-31)30-14-6-11-28(24-30)35-25-39-44-41-33(16-8-18-37(41)47-39)32-15-7-17-36-40(32)43-38(46-36)22-21-34(35)42(43)44;1-43(2)34-22-18-27-19-23-37-42-38(27)41(34)39-33(32-14-9-15-36(45-37)40(32)42)24-28(25-35(39)43)26-16-20-31(21-17-26)44(29-10-5-3-6-11-29)30-12-7-4-8-13-30;1-2-5-15(6-3-1)17-11-14-22-28-24(17)18-7-4-8-19-25(18)26-20(29-19)12-9-16-10-13-21(30-22)27(28)23(16)26/h1-25H;3-25H,1-2H3;1-14H. The number of benzene rings is 20. The zero-order valence-corrected chi connectivity index (χ0v) is 68.7. The summed E-state index contributed by atoms with van der Waals surface area (Å²) in [6.07, 6.45) is 0. The van der Waals surface area contributed by atoms with Gasteiger partial charge in [0.05, 0.1) is 0 Å². The zero-order valence-electron chi connectivity index (χ0n) is 66.2. The quantitative estimate of drug-likeness (QED) is 0.144. The summed E-state index contributed by atoms with van der Waals surface area (Å²) >= 11 is 5.74. The molecule has 122 heavy (non-hydrogen) atoms. The van der Waals surface area contributed by atoms with Gasteiger partial charge in [-0.2, -0.15) is 0 Å². The third-order valence-electron chi connectivity index (χ3n) is 26.7. The van der Waals surface area contributed by atoms with Crippen LogP contribution in [-0.2, 0) is 5.41 Å². The highest BCUT2D eigenvalue weighted by Gasteiger charge is 2.41. The predicted octanol–water partition coefficient (Wildman–Crippen LogP) is 34.8. The molecule has 0 aliphatic heterocycles. The zero-order chi connectivity index (χ0) is 79.9. The Morgan fingerprint density at radius 2 is 0.672 bits per heavy atom. The highest BCUT2D eigenvalue weighted by Crippen LogP contribution is 2.62. The molecule has 4 nitrogen and oxygen atoms in total. The van der Waals surface area contributed by atoms with Crippen molar-refractivity contribution in [2.75, 3.05) is 9.80 Å². The molecule has 0 amide bonds. The van der Waals surface area contributed by atoms with Crippen LogP contribution in [0.5, 0.6) is 0 Å². The van der Waals surface area contributed by atoms with Gasteiger partial charge in [0.2, 0.25) is 0 Å². The van der Waals surface area contributed by atoms with Gasteiger partial charge in [-0.15, -0.1) is 34.0 Å². The third-order valence-corrected chi connectivity index (χ3v) is 30.0. The lowest BCUT2D eigenvalue weighted by atomic mass is 9.80. The van der Waals surface area contributed by atoms with Crippen molar-refractivity contribution in [2.45, 2.75) is 19.3 Å². The van der Waals surface area contributed by atoms with E-state index in [4.69, 9.17) is 8.83 Å². The highest BCUT2D eigenvalue weighted by molar-refractivity contribution is 7.27. The van der Waals surface area contributed by atoms with Gasteiger partial charge in [-0.1, -0.05) is 244 Å². The maximum Gasteiger partial charge on any atom is 0.136 e. The first-order valence-electron chi connectivity index (χ1n) is 41.9. The monoisotopic (exact) mass is 1600 g/mol. The van der Waals surface area contributed by atoms with Crippen molar-refractivity contribution in [1.82, 2.24) is 0 Å². The molecule has 0 unspecified atom stereocenters. The molecule has 4 aliphatic rings. The summed E-state index contributed by atoms with van der Waals surface area (Å²) < 4.78 is 21.0. The Balaban J connectivity index is 0.0000000985. The van der Waals surface area contributed by atoms with Gasteiger partial charge < -0.3 is 18.6 Å². The van der Waals surface area contributed by atoms with Crippen molar-refractivity contribution in [2.24, 2.45) is 0 Å². The average molecular weight is 1610 g/mol. The molecular weight excluding hydrogens is 1540 g/mol. The Labute approximate surface area is 713 Å². The van der Waals surface area contributed by atoms with Crippen LogP contribution >= 0.6 is 34.0 Å². The maximum absolute atomic E-state index is 6.47. The van der Waals surface area contributed by atoms with E-state index in [1.165, 1.54) is 214 Å². The smallest absolute Gasteiger partial charge is 0.136 e. The first-order chi connectivity index (χ1) is 60.3. The molecule has 0 saturated heterocycles. The summed E-state index contributed by atoms with van der Waals surface area (Å²) in [5.74, 6) is 0. The maximum atomic E-state index is 6.47. The largest absolute Gasteiger partial charge is 0.456 e. The van der Waals surface area contributed by atoms with Crippen molar-refractivity contribution in [1.29, 1.82) is 0 Å². The van der Waals surface area contributed by atoms with Gasteiger partial charge in [-0.25, -0.2) is 0 Å². The molecule has 0 radical (unpaired) electrons. The van der Waals surface area contributed by atoms with E-state index in [9.17, 15) is 0 Å². The molecule has 29 rings (SSSR count). The second kappa shape index (κ2) is 25.7. The van der Waals surface area contributed by atoms with Crippen molar-refractivity contribution in [3.63, 3.8) is 0 Å². The molecule has 7 heteroatoms. The molecule has 568 valence electrons. The van der Waals surface area contributed by atoms with Crippen LogP contribution in [0.2, 0.25) is 0 Å². The van der Waals surface area contributed by atoms with Gasteiger partial charge in [-0.3, -0.25) is 0 Å². The van der Waals surface area contributed by atoms with Crippen LogP contribution in [0, 0.1) is 0 Å². The summed E-state index contributed by atoms with van der Waals surface area (Å²) in [7, 11) is 0. The van der Waals surface area contributed by atoms with Crippen LogP contribution in [0.4, 0.5) is 34.1 Å². The first-order valence-corrected chi connectivity index (χ1v) is 44.4. The van der Waals surface area contributed by atoms with E-state index in [0.717, 1.165) is 56.5 Å². The summed E-state index contributed by atoms with van der Waals surface area (Å²) in [5.41, 5.74) is 31.5. The summed E-state index contributed by atoms with van der Waals surface area (Å²) in [5, 5.41) is 23.9. The molecule has 0 bridgehead atoms. The molecule has 25 aromatic rings. The van der Waals surface area contributed by atoms with Gasteiger partial charge in [0.1, 0.15) is 22.3 Å². The molecule has 0 spiro atoms. The number of hydrogen-bond donors (Lipinski definition) is 0. The Morgan fingerprint density at radius 3 is 1.36 bits per heavy atom. The molecule has 0 saturated carbocycles. The molecule has 20 aromatic carbocycles. The summed E-state index contributed by atoms with van der Waals surface area (Å²) in [6, 6.07) is 138. The van der Waals surface area contributed by atoms with Crippen LogP contribution in [-0.4, -0.2) is 0 Å². The SMILES string of the molecule is CC1(C)c2cc(-c3ccc(N(c4ccccc4)c4ccccc4)cc3)cc3c2-c2c1ccc1ccc4oc5cccc-3c5c4c21.c1ccc(-c2ccc3sc4ccc5ccc6oc7cccc8c7c6c5c4c3c2-8)cc1.c1ccc(N(c2cccc(-c3cc4sc5cccc6c5c4c4c3ccc3sc5cccc-6c5c34)c2)c2ccc3ccccc3c2)cc1. The van der Waals surface area contributed by atoms with Crippen molar-refractivity contribution < 1.29 is 8.83 Å². The minimum absolute atomic E-state index is 0.127. The summed E-state index contributed by atoms with van der Waals surface area (Å²) in [4.78, 5) is 4.70. The number of thiophene rings is 3. The molecule has 5 heterocycles. The molecule has 4 aliphatic carbocycles. The normalized spacial score (nSPS) is 12.9. The second-order valence-electron chi connectivity index (χ2n) is 33.5. The molecule has 5 aromatic heterocycles. The van der Waals surface area contributed by atoms with Crippen LogP contribution in [0.1, 0.15) is 25.0 Å². The van der Waals surface area contributed by atoms with Gasteiger partial charge >= 0.3 is 0 Å². The number of anilines is 6. The van der Waals surface area contributed by atoms with Gasteiger partial charge in [0.15, 0.2) is 0 Å². The minimum Gasteiger partial charge on any atom is -0.456 e. The number of fused-ring (bicyclic) bond motifs is 4. The lowest BCUT2D eigenvalue weighted by Crippen LogP contribution is -2.15. The fourth-order valence-electron chi connectivity index (χ4n) is 21.4. The highest BCUT2D eigenvalue weighted by atomic mass is 32.1. The van der Waals surface area contributed by atoms with E-state index in [0.29, 0.717) is 0 Å². The molecule has 0 atom stereocenters. The van der Waals surface area contributed by atoms with E-state index < -0.39 is 0 Å². The Morgan fingerprint density at radius 1 is 0.205 bits per heavy atom. The Hall–Kier alpha value is -14.7. The molecule has 0 N–H and O–H groups in total. The van der Waals surface area contributed by atoms with Gasteiger partial charge in [0, 0.05) is 138 Å². The van der Waals surface area contributed by atoms with Crippen LogP contribution in [0.25, 0.3) is 225 Å². The minimum atomic E-state index is -0.127. The fraction of sp³-hybridized carbons (Fsp3) is 0.0261. The van der Waals surface area contributed by atoms with E-state index in [2.05, 4.69) is 400 Å². The predicted molar refractivity (Wildman–Crippen MR) is 523 cm³/mol. The molecule has 0 fully saturated rings. The number of nitrogens with zero attached hydrogens (tertiary/aromatic N) is 2. The van der Waals surface area contributed by atoms with E-state index in [1.807, 2.05) is 34.0 Å². The number of rotatable bonds is 9. The second-order valence-corrected chi connectivity index (χ2v) is 36.7. The van der Waals surface area contributed by atoms with Crippen LogP contribution in [0.15, 0.2) is 385 Å². The van der Waals surface area contributed by atoms with Crippen molar-refractivity contribution >= 4 is 216 Å². The number of para-hydroxylation sites is 3. The van der Waals surface area contributed by atoms with Crippen LogP contribution < -0.4 is 9.80 Å². The summed E-state index contributed by atoms with van der Waals surface area (Å²) in [6.45, 7) is 4.77. The van der Waals surface area contributed by atoms with E-state index in [-0.39, 0.29) is 5.41 Å². The van der Waals surface area contributed by atoms with E-state index >= 15 is 0 Å². The first kappa shape index (κ1) is 68.2. The van der Waals surface area contributed by atoms with Gasteiger partial charge in [0.25, 0.3) is 0 Å². The Bertz CT molecular complexity index is 8780. The Kier molecular flexibility index (Phi) is 14.4. The van der Waals surface area contributed by atoms with Gasteiger partial charge in [-0.05, 0) is 262 Å². The average Bonchev–Trinajstić information content (AvgIpc) is 1.52. The van der Waals surface area contributed by atoms with Crippen LogP contribution in [0.3, 0.4) is 0 Å².